The predicted molar refractivity (Wildman–Crippen MR) is 94.3 cm³/mol. The van der Waals surface area contributed by atoms with Crippen molar-refractivity contribution < 1.29 is 8.42 Å². The molecule has 6 heteroatoms. The Morgan fingerprint density at radius 3 is 2.52 bits per heavy atom. The Morgan fingerprint density at radius 1 is 1.04 bits per heavy atom. The van der Waals surface area contributed by atoms with Gasteiger partial charge in [0.2, 0.25) is 0 Å². The molecule has 0 saturated heterocycles. The van der Waals surface area contributed by atoms with Crippen molar-refractivity contribution in [3.63, 3.8) is 0 Å². The van der Waals surface area contributed by atoms with Crippen LogP contribution < -0.4 is 4.72 Å². The fourth-order valence-electron chi connectivity index (χ4n) is 2.22. The summed E-state index contributed by atoms with van der Waals surface area (Å²) in [7, 11) is -3.64. The molecule has 0 radical (unpaired) electrons. The number of aromatic nitrogens is 1. The van der Waals surface area contributed by atoms with Gasteiger partial charge in [-0.15, -0.1) is 11.3 Å². The molecular formula is C17H16N2O2S2. The largest absolute Gasteiger partial charge is 0.263 e. The molecule has 0 bridgehead atoms. The minimum atomic E-state index is -3.64. The fourth-order valence-corrected chi connectivity index (χ4v) is 4.38. The van der Waals surface area contributed by atoms with Gasteiger partial charge < -0.3 is 0 Å². The minimum absolute atomic E-state index is 0.284. The molecule has 0 atom stereocenters. The third-order valence-electron chi connectivity index (χ3n) is 3.40. The van der Waals surface area contributed by atoms with Gasteiger partial charge in [0.25, 0.3) is 10.0 Å². The molecule has 0 aliphatic rings. The van der Waals surface area contributed by atoms with Crippen molar-refractivity contribution in [3.05, 3.63) is 65.0 Å². The molecule has 1 N–H and O–H groups in total. The lowest BCUT2D eigenvalue weighted by Gasteiger charge is -2.09. The monoisotopic (exact) mass is 344 g/mol. The Hall–Kier alpha value is -2.18. The van der Waals surface area contributed by atoms with Crippen LogP contribution in [0.4, 0.5) is 5.82 Å². The number of sulfonamides is 1. The van der Waals surface area contributed by atoms with Gasteiger partial charge >= 0.3 is 0 Å². The molecule has 0 fully saturated rings. The van der Waals surface area contributed by atoms with E-state index in [2.05, 4.69) is 9.71 Å². The number of nitrogens with one attached hydrogen (secondary N) is 1. The maximum absolute atomic E-state index is 12.6. The molecule has 1 aromatic heterocycles. The van der Waals surface area contributed by atoms with E-state index in [-0.39, 0.29) is 4.90 Å². The standard InChI is InChI=1S/C17H16N2O2S2/c1-12-8-9-13(2)15(10-12)23(20,21)19-16-11-22-17(18-16)14-6-4-3-5-7-14/h3-11,19H,1-2H3. The first-order valence-corrected chi connectivity index (χ1v) is 9.43. The zero-order chi connectivity index (χ0) is 16.4. The smallest absolute Gasteiger partial charge is 0.263 e. The van der Waals surface area contributed by atoms with Crippen LogP contribution in [0.25, 0.3) is 10.6 Å². The van der Waals surface area contributed by atoms with Gasteiger partial charge in [-0.2, -0.15) is 0 Å². The first-order chi connectivity index (χ1) is 11.0. The molecule has 0 aliphatic heterocycles. The van der Waals surface area contributed by atoms with E-state index in [0.29, 0.717) is 11.4 Å². The molecule has 4 nitrogen and oxygen atoms in total. The van der Waals surface area contributed by atoms with Crippen LogP contribution in [-0.2, 0) is 10.0 Å². The van der Waals surface area contributed by atoms with E-state index in [1.165, 1.54) is 11.3 Å². The molecule has 2 aromatic carbocycles. The normalized spacial score (nSPS) is 11.4. The number of thiazole rings is 1. The van der Waals surface area contributed by atoms with E-state index in [4.69, 9.17) is 0 Å². The second-order valence-corrected chi connectivity index (χ2v) is 7.79. The van der Waals surface area contributed by atoms with Crippen LogP contribution >= 0.6 is 11.3 Å². The third-order valence-corrected chi connectivity index (χ3v) is 5.79. The van der Waals surface area contributed by atoms with Gasteiger partial charge in [-0.1, -0.05) is 42.5 Å². The highest BCUT2D eigenvalue weighted by Gasteiger charge is 2.18. The molecule has 0 spiro atoms. The summed E-state index contributed by atoms with van der Waals surface area (Å²) in [6.07, 6.45) is 0. The average Bonchev–Trinajstić information content (AvgIpc) is 2.98. The van der Waals surface area contributed by atoms with Crippen molar-refractivity contribution in [3.8, 4) is 10.6 Å². The maximum atomic E-state index is 12.6. The van der Waals surface area contributed by atoms with E-state index >= 15 is 0 Å². The van der Waals surface area contributed by atoms with E-state index in [1.807, 2.05) is 43.3 Å². The molecule has 3 aromatic rings. The summed E-state index contributed by atoms with van der Waals surface area (Å²) in [5.41, 5.74) is 2.58. The van der Waals surface area contributed by atoms with Crippen molar-refractivity contribution in [2.24, 2.45) is 0 Å². The zero-order valence-corrected chi connectivity index (χ0v) is 14.4. The molecule has 0 aliphatic carbocycles. The van der Waals surface area contributed by atoms with Gasteiger partial charge in [0.15, 0.2) is 5.82 Å². The van der Waals surface area contributed by atoms with E-state index < -0.39 is 10.0 Å². The third kappa shape index (κ3) is 3.43. The summed E-state index contributed by atoms with van der Waals surface area (Å²) in [6, 6.07) is 15.0. The molecule has 0 unspecified atom stereocenters. The molecular weight excluding hydrogens is 328 g/mol. The molecule has 118 valence electrons. The van der Waals surface area contributed by atoms with Crippen molar-refractivity contribution in [1.82, 2.24) is 4.98 Å². The van der Waals surface area contributed by atoms with Crippen LogP contribution in [0, 0.1) is 13.8 Å². The summed E-state index contributed by atoms with van der Waals surface area (Å²) in [6.45, 7) is 3.65. The van der Waals surface area contributed by atoms with Crippen LogP contribution in [0.2, 0.25) is 0 Å². The summed E-state index contributed by atoms with van der Waals surface area (Å²) >= 11 is 1.41. The van der Waals surface area contributed by atoms with Crippen molar-refractivity contribution in [2.45, 2.75) is 18.7 Å². The summed E-state index contributed by atoms with van der Waals surface area (Å²) in [4.78, 5) is 4.66. The second-order valence-electron chi connectivity index (χ2n) is 5.28. The van der Waals surface area contributed by atoms with Crippen LogP contribution in [-0.4, -0.2) is 13.4 Å². The summed E-state index contributed by atoms with van der Waals surface area (Å²) in [5, 5.41) is 2.50. The zero-order valence-electron chi connectivity index (χ0n) is 12.8. The highest BCUT2D eigenvalue weighted by atomic mass is 32.2. The van der Waals surface area contributed by atoms with E-state index in [0.717, 1.165) is 16.1 Å². The lowest BCUT2D eigenvalue weighted by molar-refractivity contribution is 0.600. The molecule has 0 saturated carbocycles. The maximum Gasteiger partial charge on any atom is 0.263 e. The lowest BCUT2D eigenvalue weighted by Crippen LogP contribution is -2.14. The van der Waals surface area contributed by atoms with Crippen molar-refractivity contribution >= 4 is 27.2 Å². The highest BCUT2D eigenvalue weighted by Crippen LogP contribution is 2.27. The Labute approximate surface area is 139 Å². The van der Waals surface area contributed by atoms with Gasteiger partial charge in [0.1, 0.15) is 5.01 Å². The molecule has 23 heavy (non-hydrogen) atoms. The molecule has 0 amide bonds. The summed E-state index contributed by atoms with van der Waals surface area (Å²) in [5.74, 6) is 0.342. The number of rotatable bonds is 4. The first kappa shape index (κ1) is 15.7. The van der Waals surface area contributed by atoms with Crippen LogP contribution in [0.5, 0.6) is 0 Å². The highest BCUT2D eigenvalue weighted by molar-refractivity contribution is 7.92. The van der Waals surface area contributed by atoms with Gasteiger partial charge in [-0.3, -0.25) is 4.72 Å². The quantitative estimate of drug-likeness (QED) is 0.770. The van der Waals surface area contributed by atoms with Crippen LogP contribution in [0.3, 0.4) is 0 Å². The van der Waals surface area contributed by atoms with Crippen LogP contribution in [0.1, 0.15) is 11.1 Å². The van der Waals surface area contributed by atoms with Gasteiger partial charge in [0.05, 0.1) is 4.90 Å². The lowest BCUT2D eigenvalue weighted by atomic mass is 10.2. The Bertz CT molecular complexity index is 932. The second kappa shape index (κ2) is 6.14. The molecule has 3 rings (SSSR count). The number of hydrogen-bond donors (Lipinski definition) is 1. The van der Waals surface area contributed by atoms with Crippen LogP contribution in [0.15, 0.2) is 58.8 Å². The Morgan fingerprint density at radius 2 is 1.78 bits per heavy atom. The number of aryl methyl sites for hydroxylation is 2. The van der Waals surface area contributed by atoms with E-state index in [9.17, 15) is 8.42 Å². The first-order valence-electron chi connectivity index (χ1n) is 7.07. The number of anilines is 1. The predicted octanol–water partition coefficient (Wildman–Crippen LogP) is 4.23. The number of nitrogens with zero attached hydrogens (tertiary/aromatic N) is 1. The van der Waals surface area contributed by atoms with Crippen molar-refractivity contribution in [1.29, 1.82) is 0 Å². The Balaban J connectivity index is 1.90. The SMILES string of the molecule is Cc1ccc(C)c(S(=O)(=O)Nc2csc(-c3ccccc3)n2)c1. The number of hydrogen-bond acceptors (Lipinski definition) is 4. The number of benzene rings is 2. The fraction of sp³-hybridized carbons (Fsp3) is 0.118. The van der Waals surface area contributed by atoms with Gasteiger partial charge in [-0.05, 0) is 31.0 Å². The molecule has 1 heterocycles. The topological polar surface area (TPSA) is 59.1 Å². The Kier molecular flexibility index (Phi) is 4.19. The van der Waals surface area contributed by atoms with E-state index in [1.54, 1.807) is 24.4 Å². The van der Waals surface area contributed by atoms with Gasteiger partial charge in [-0.25, -0.2) is 13.4 Å². The minimum Gasteiger partial charge on any atom is -0.263 e. The van der Waals surface area contributed by atoms with Gasteiger partial charge in [0, 0.05) is 10.9 Å². The average molecular weight is 344 g/mol. The summed E-state index contributed by atoms with van der Waals surface area (Å²) < 4.78 is 27.7. The van der Waals surface area contributed by atoms with Crippen molar-refractivity contribution in [2.75, 3.05) is 4.72 Å².